The molecule has 1 atom stereocenters. The van der Waals surface area contributed by atoms with E-state index in [9.17, 15) is 13.2 Å². The van der Waals surface area contributed by atoms with Crippen LogP contribution in [0.15, 0.2) is 6.20 Å². The predicted octanol–water partition coefficient (Wildman–Crippen LogP) is 2.79. The number of nitrogens with one attached hydrogen (secondary N) is 1. The third-order valence-electron chi connectivity index (χ3n) is 2.46. The highest BCUT2D eigenvalue weighted by molar-refractivity contribution is 6.31. The molecule has 0 aliphatic rings. The van der Waals surface area contributed by atoms with Gasteiger partial charge in [-0.15, -0.1) is 0 Å². The molecule has 19 heavy (non-hydrogen) atoms. The first-order valence-electron chi connectivity index (χ1n) is 5.98. The van der Waals surface area contributed by atoms with E-state index in [1.165, 1.54) is 6.20 Å². The second-order valence-corrected chi connectivity index (χ2v) is 4.34. The molecule has 4 nitrogen and oxygen atoms in total. The van der Waals surface area contributed by atoms with Gasteiger partial charge in [-0.3, -0.25) is 4.68 Å². The molecule has 0 bridgehead atoms. The van der Waals surface area contributed by atoms with Gasteiger partial charge in [-0.2, -0.15) is 18.3 Å². The molecule has 0 fully saturated rings. The van der Waals surface area contributed by atoms with Gasteiger partial charge in [0.1, 0.15) is 6.61 Å². The van der Waals surface area contributed by atoms with Crippen molar-refractivity contribution in [1.82, 2.24) is 15.1 Å². The van der Waals surface area contributed by atoms with Gasteiger partial charge in [0.05, 0.1) is 29.6 Å². The van der Waals surface area contributed by atoms with Crippen LogP contribution in [0.4, 0.5) is 13.2 Å². The van der Waals surface area contributed by atoms with Crippen molar-refractivity contribution in [1.29, 1.82) is 0 Å². The SMILES string of the molecule is CCNC(COCC(F)(F)F)c1c(Cl)cnn1CC. The number of nitrogens with zero attached hydrogens (tertiary/aromatic N) is 2. The van der Waals surface area contributed by atoms with Crippen molar-refractivity contribution in [3.05, 3.63) is 16.9 Å². The summed E-state index contributed by atoms with van der Waals surface area (Å²) in [6.45, 7) is 3.53. The van der Waals surface area contributed by atoms with Gasteiger partial charge in [0, 0.05) is 6.54 Å². The number of alkyl halides is 3. The van der Waals surface area contributed by atoms with Gasteiger partial charge < -0.3 is 10.1 Å². The number of rotatable bonds is 7. The third kappa shape index (κ3) is 5.00. The maximum atomic E-state index is 12.1. The van der Waals surface area contributed by atoms with Gasteiger partial charge in [-0.25, -0.2) is 0 Å². The molecule has 1 aromatic rings. The standard InChI is InChI=1S/C11H17ClF3N3O/c1-3-16-9(6-19-7-11(13,14)15)10-8(12)5-17-18(10)4-2/h5,9,16H,3-4,6-7H2,1-2H3. The van der Waals surface area contributed by atoms with Crippen molar-refractivity contribution >= 4 is 11.6 Å². The molecular weight excluding hydrogens is 283 g/mol. The number of hydrogen-bond acceptors (Lipinski definition) is 3. The summed E-state index contributed by atoms with van der Waals surface area (Å²) in [5.74, 6) is 0. The minimum atomic E-state index is -4.33. The monoisotopic (exact) mass is 299 g/mol. The number of likely N-dealkylation sites (N-methyl/N-ethyl adjacent to an activating group) is 1. The Bertz CT molecular complexity index is 395. The Labute approximate surface area is 114 Å². The zero-order valence-electron chi connectivity index (χ0n) is 10.8. The van der Waals surface area contributed by atoms with Crippen LogP contribution in [0.25, 0.3) is 0 Å². The first-order chi connectivity index (χ1) is 8.89. The van der Waals surface area contributed by atoms with Crippen LogP contribution in [0.3, 0.4) is 0 Å². The smallest absolute Gasteiger partial charge is 0.370 e. The Kier molecular flexibility index (Phi) is 6.09. The van der Waals surface area contributed by atoms with Gasteiger partial charge in [-0.1, -0.05) is 18.5 Å². The summed E-state index contributed by atoms with van der Waals surface area (Å²) in [6, 6.07) is -0.415. The summed E-state index contributed by atoms with van der Waals surface area (Å²) in [7, 11) is 0. The van der Waals surface area contributed by atoms with Gasteiger partial charge in [0.2, 0.25) is 0 Å². The molecule has 0 saturated heterocycles. The predicted molar refractivity (Wildman–Crippen MR) is 66.2 cm³/mol. The Morgan fingerprint density at radius 3 is 2.68 bits per heavy atom. The minimum absolute atomic E-state index is 0.112. The lowest BCUT2D eigenvalue weighted by molar-refractivity contribution is -0.175. The van der Waals surface area contributed by atoms with E-state index in [-0.39, 0.29) is 6.61 Å². The second-order valence-electron chi connectivity index (χ2n) is 3.93. The summed E-state index contributed by atoms with van der Waals surface area (Å²) >= 11 is 6.02. The average molecular weight is 300 g/mol. The molecule has 0 amide bonds. The number of ether oxygens (including phenoxy) is 1. The van der Waals surface area contributed by atoms with Crippen LogP contribution in [-0.2, 0) is 11.3 Å². The van der Waals surface area contributed by atoms with Crippen molar-refractivity contribution < 1.29 is 17.9 Å². The van der Waals surface area contributed by atoms with Crippen LogP contribution in [0.2, 0.25) is 5.02 Å². The molecule has 0 radical (unpaired) electrons. The summed E-state index contributed by atoms with van der Waals surface area (Å²) in [5.41, 5.74) is 0.646. The summed E-state index contributed by atoms with van der Waals surface area (Å²) in [6.07, 6.45) is -2.85. The fourth-order valence-corrected chi connectivity index (χ4v) is 2.02. The molecule has 1 heterocycles. The highest BCUT2D eigenvalue weighted by atomic mass is 35.5. The third-order valence-corrected chi connectivity index (χ3v) is 2.75. The zero-order chi connectivity index (χ0) is 14.5. The van der Waals surface area contributed by atoms with Crippen LogP contribution in [-0.4, -0.2) is 35.7 Å². The Balaban J connectivity index is 2.73. The zero-order valence-corrected chi connectivity index (χ0v) is 11.6. The van der Waals surface area contributed by atoms with E-state index in [1.807, 2.05) is 13.8 Å². The van der Waals surface area contributed by atoms with Crippen molar-refractivity contribution in [2.75, 3.05) is 19.8 Å². The number of aromatic nitrogens is 2. The number of aryl methyl sites for hydroxylation is 1. The molecule has 110 valence electrons. The molecule has 1 N–H and O–H groups in total. The molecule has 1 rings (SSSR count). The van der Waals surface area contributed by atoms with Crippen LogP contribution < -0.4 is 5.32 Å². The van der Waals surface area contributed by atoms with Crippen molar-refractivity contribution in [3.8, 4) is 0 Å². The van der Waals surface area contributed by atoms with E-state index in [2.05, 4.69) is 10.4 Å². The van der Waals surface area contributed by atoms with E-state index in [4.69, 9.17) is 16.3 Å². The van der Waals surface area contributed by atoms with Gasteiger partial charge in [-0.05, 0) is 13.5 Å². The number of halogens is 4. The van der Waals surface area contributed by atoms with E-state index in [0.29, 0.717) is 23.8 Å². The molecule has 0 aliphatic carbocycles. The summed E-state index contributed by atoms with van der Waals surface area (Å²) in [4.78, 5) is 0. The number of hydrogen-bond donors (Lipinski definition) is 1. The average Bonchev–Trinajstić information content (AvgIpc) is 2.68. The van der Waals surface area contributed by atoms with Crippen LogP contribution >= 0.6 is 11.6 Å². The Morgan fingerprint density at radius 2 is 2.16 bits per heavy atom. The highest BCUT2D eigenvalue weighted by Crippen LogP contribution is 2.24. The van der Waals surface area contributed by atoms with Gasteiger partial charge in [0.15, 0.2) is 0 Å². The highest BCUT2D eigenvalue weighted by Gasteiger charge is 2.28. The summed E-state index contributed by atoms with van der Waals surface area (Å²) < 4.78 is 42.6. The van der Waals surface area contributed by atoms with Crippen molar-refractivity contribution in [2.24, 2.45) is 0 Å². The van der Waals surface area contributed by atoms with E-state index in [1.54, 1.807) is 4.68 Å². The van der Waals surface area contributed by atoms with Crippen LogP contribution in [0.5, 0.6) is 0 Å². The van der Waals surface area contributed by atoms with E-state index < -0.39 is 18.8 Å². The maximum Gasteiger partial charge on any atom is 0.411 e. The molecule has 8 heteroatoms. The van der Waals surface area contributed by atoms with Crippen molar-refractivity contribution in [3.63, 3.8) is 0 Å². The maximum absolute atomic E-state index is 12.1. The molecule has 0 spiro atoms. The molecule has 0 aromatic carbocycles. The van der Waals surface area contributed by atoms with Gasteiger partial charge >= 0.3 is 6.18 Å². The Hall–Kier alpha value is -0.790. The quantitative estimate of drug-likeness (QED) is 0.841. The lowest BCUT2D eigenvalue weighted by atomic mass is 10.2. The van der Waals surface area contributed by atoms with Crippen LogP contribution in [0, 0.1) is 0 Å². The lowest BCUT2D eigenvalue weighted by Crippen LogP contribution is -2.30. The fraction of sp³-hybridized carbons (Fsp3) is 0.727. The summed E-state index contributed by atoms with van der Waals surface area (Å²) in [5, 5.41) is 7.53. The van der Waals surface area contributed by atoms with E-state index in [0.717, 1.165) is 0 Å². The fourth-order valence-electron chi connectivity index (χ4n) is 1.74. The van der Waals surface area contributed by atoms with Gasteiger partial charge in [0.25, 0.3) is 0 Å². The van der Waals surface area contributed by atoms with E-state index >= 15 is 0 Å². The van der Waals surface area contributed by atoms with Crippen LogP contribution in [0.1, 0.15) is 25.6 Å². The molecule has 1 aromatic heterocycles. The minimum Gasteiger partial charge on any atom is -0.370 e. The lowest BCUT2D eigenvalue weighted by Gasteiger charge is -2.20. The topological polar surface area (TPSA) is 39.1 Å². The molecule has 0 aliphatic heterocycles. The molecule has 0 saturated carbocycles. The van der Waals surface area contributed by atoms with Crippen molar-refractivity contribution in [2.45, 2.75) is 32.6 Å². The largest absolute Gasteiger partial charge is 0.411 e. The normalized spacial score (nSPS) is 13.8. The molecule has 1 unspecified atom stereocenters. The first-order valence-corrected chi connectivity index (χ1v) is 6.35. The second kappa shape index (κ2) is 7.12. The molecular formula is C11H17ClF3N3O. The Morgan fingerprint density at radius 1 is 1.47 bits per heavy atom. The first kappa shape index (κ1) is 16.3.